The molecule has 0 amide bonds. The van der Waals surface area contributed by atoms with Crippen LogP contribution in [0.2, 0.25) is 0 Å². The molecule has 4 aliphatic rings. The number of nitrogen functional groups attached to an aromatic ring is 1. The minimum atomic E-state index is -0.565. The van der Waals surface area contributed by atoms with E-state index in [2.05, 4.69) is 20.6 Å². The normalized spacial score (nSPS) is 31.1. The van der Waals surface area contributed by atoms with Crippen molar-refractivity contribution in [1.29, 1.82) is 0 Å². The van der Waals surface area contributed by atoms with E-state index in [9.17, 15) is 8.78 Å². The summed E-state index contributed by atoms with van der Waals surface area (Å²) in [5.41, 5.74) is 6.67. The van der Waals surface area contributed by atoms with Crippen molar-refractivity contribution >= 4 is 23.0 Å². The average Bonchev–Trinajstić information content (AvgIpc) is 2.60. The van der Waals surface area contributed by atoms with Crippen molar-refractivity contribution in [3.05, 3.63) is 36.2 Å². The lowest BCUT2D eigenvalue weighted by atomic mass is 9.53. The van der Waals surface area contributed by atoms with Crippen molar-refractivity contribution < 1.29 is 8.78 Å². The monoisotopic (exact) mass is 371 g/mol. The standard InChI is InChI=1S/C20H23F2N5/c21-14-1-2-15(22)16(6-14)26-18-17(23)19(25-10-24-18)27-20-7-11-3-12(8-20)5-13(4-11)9-20/h1-2,6,10-13H,3-5,7-9,23H2,(H2,24,25,26,27). The number of anilines is 4. The third-order valence-corrected chi connectivity index (χ3v) is 6.49. The number of nitrogens with zero attached hydrogens (tertiary/aromatic N) is 2. The first-order valence-corrected chi connectivity index (χ1v) is 9.60. The Morgan fingerprint density at radius 3 is 2.26 bits per heavy atom. The SMILES string of the molecule is Nc1c(Nc2cc(F)ccc2F)ncnc1NC12CC3CC(CC(C3)C1)C2. The van der Waals surface area contributed by atoms with Crippen LogP contribution in [-0.4, -0.2) is 15.5 Å². The first-order chi connectivity index (χ1) is 13.0. The van der Waals surface area contributed by atoms with Gasteiger partial charge in [0.15, 0.2) is 11.6 Å². The molecule has 2 aromatic rings. The number of hydrogen-bond donors (Lipinski definition) is 3. The molecule has 0 aliphatic heterocycles. The van der Waals surface area contributed by atoms with Crippen LogP contribution in [0.15, 0.2) is 24.5 Å². The third kappa shape index (κ3) is 2.99. The van der Waals surface area contributed by atoms with Gasteiger partial charge >= 0.3 is 0 Å². The number of rotatable bonds is 4. The smallest absolute Gasteiger partial charge is 0.159 e. The van der Waals surface area contributed by atoms with Gasteiger partial charge in [-0.2, -0.15) is 0 Å². The van der Waals surface area contributed by atoms with E-state index in [1.54, 1.807) is 0 Å². The summed E-state index contributed by atoms with van der Waals surface area (Å²) in [5.74, 6) is 2.15. The topological polar surface area (TPSA) is 75.9 Å². The van der Waals surface area contributed by atoms with Crippen molar-refractivity contribution in [2.45, 2.75) is 44.1 Å². The second-order valence-electron chi connectivity index (χ2n) is 8.56. The fraction of sp³-hybridized carbons (Fsp3) is 0.500. The van der Waals surface area contributed by atoms with Gasteiger partial charge in [-0.15, -0.1) is 0 Å². The Bertz CT molecular complexity index is 849. The van der Waals surface area contributed by atoms with Crippen LogP contribution in [0.25, 0.3) is 0 Å². The lowest BCUT2D eigenvalue weighted by Crippen LogP contribution is -2.55. The first-order valence-electron chi connectivity index (χ1n) is 9.60. The predicted octanol–water partition coefficient (Wildman–Crippen LogP) is 4.46. The number of nitrogens with one attached hydrogen (secondary N) is 2. The fourth-order valence-electron chi connectivity index (χ4n) is 5.83. The predicted molar refractivity (Wildman–Crippen MR) is 101 cm³/mol. The highest BCUT2D eigenvalue weighted by Crippen LogP contribution is 2.56. The molecule has 0 atom stereocenters. The molecule has 4 aliphatic carbocycles. The first kappa shape index (κ1) is 16.7. The number of hydrogen-bond acceptors (Lipinski definition) is 5. The molecule has 4 fully saturated rings. The zero-order valence-corrected chi connectivity index (χ0v) is 15.0. The molecule has 0 spiro atoms. The summed E-state index contributed by atoms with van der Waals surface area (Å²) in [5, 5.41) is 6.42. The van der Waals surface area contributed by atoms with Gasteiger partial charge in [-0.1, -0.05) is 0 Å². The van der Waals surface area contributed by atoms with Gasteiger partial charge in [0.2, 0.25) is 0 Å². The highest BCUT2D eigenvalue weighted by Gasteiger charge is 2.51. The lowest BCUT2D eigenvalue weighted by molar-refractivity contribution is 0.0106. The van der Waals surface area contributed by atoms with Crippen LogP contribution in [-0.2, 0) is 0 Å². The molecular weight excluding hydrogens is 348 g/mol. The maximum Gasteiger partial charge on any atom is 0.159 e. The molecule has 27 heavy (non-hydrogen) atoms. The zero-order chi connectivity index (χ0) is 18.6. The van der Waals surface area contributed by atoms with Gasteiger partial charge < -0.3 is 16.4 Å². The molecule has 1 aromatic heterocycles. The summed E-state index contributed by atoms with van der Waals surface area (Å²) < 4.78 is 27.4. The summed E-state index contributed by atoms with van der Waals surface area (Å²) in [6.07, 6.45) is 8.93. The third-order valence-electron chi connectivity index (χ3n) is 6.49. The van der Waals surface area contributed by atoms with Crippen LogP contribution in [0.4, 0.5) is 31.8 Å². The Balaban J connectivity index is 1.41. The fourth-order valence-corrected chi connectivity index (χ4v) is 5.83. The Kier molecular flexibility index (Phi) is 3.74. The van der Waals surface area contributed by atoms with Crippen LogP contribution in [0.3, 0.4) is 0 Å². The van der Waals surface area contributed by atoms with Crippen molar-refractivity contribution in [2.75, 3.05) is 16.4 Å². The van der Waals surface area contributed by atoms with Crippen molar-refractivity contribution in [1.82, 2.24) is 9.97 Å². The molecule has 0 radical (unpaired) electrons. The maximum atomic E-state index is 13.9. The summed E-state index contributed by atoms with van der Waals surface area (Å²) >= 11 is 0. The van der Waals surface area contributed by atoms with Gasteiger partial charge in [0.05, 0.1) is 5.69 Å². The molecule has 142 valence electrons. The Hall–Kier alpha value is -2.44. The molecule has 1 aromatic carbocycles. The minimum absolute atomic E-state index is 0.00107. The molecule has 4 bridgehead atoms. The molecule has 4 N–H and O–H groups in total. The Morgan fingerprint density at radius 2 is 1.59 bits per heavy atom. The number of nitrogens with two attached hydrogens (primary N) is 1. The second kappa shape index (κ2) is 6.04. The molecular formula is C20H23F2N5. The largest absolute Gasteiger partial charge is 0.393 e. The van der Waals surface area contributed by atoms with Crippen LogP contribution in [0.5, 0.6) is 0 Å². The van der Waals surface area contributed by atoms with E-state index >= 15 is 0 Å². The van der Waals surface area contributed by atoms with E-state index in [4.69, 9.17) is 5.73 Å². The summed E-state index contributed by atoms with van der Waals surface area (Å²) in [6, 6.07) is 3.23. The average molecular weight is 371 g/mol. The van der Waals surface area contributed by atoms with Crippen LogP contribution < -0.4 is 16.4 Å². The highest BCUT2D eigenvalue weighted by atomic mass is 19.1. The number of halogens is 2. The van der Waals surface area contributed by atoms with E-state index < -0.39 is 11.6 Å². The summed E-state index contributed by atoms with van der Waals surface area (Å²) in [7, 11) is 0. The Morgan fingerprint density at radius 1 is 0.963 bits per heavy atom. The van der Waals surface area contributed by atoms with Crippen LogP contribution in [0.1, 0.15) is 38.5 Å². The molecule has 6 rings (SSSR count). The highest BCUT2D eigenvalue weighted by molar-refractivity contribution is 5.78. The van der Waals surface area contributed by atoms with Gasteiger partial charge in [0, 0.05) is 11.6 Å². The molecule has 5 nitrogen and oxygen atoms in total. The summed E-state index contributed by atoms with van der Waals surface area (Å²) in [4.78, 5) is 8.46. The zero-order valence-electron chi connectivity index (χ0n) is 15.0. The number of aromatic nitrogens is 2. The van der Waals surface area contributed by atoms with E-state index in [1.807, 2.05) is 0 Å². The van der Waals surface area contributed by atoms with Crippen molar-refractivity contribution in [3.8, 4) is 0 Å². The molecule has 1 heterocycles. The van der Waals surface area contributed by atoms with Gasteiger partial charge in [-0.25, -0.2) is 18.7 Å². The quantitative estimate of drug-likeness (QED) is 0.740. The van der Waals surface area contributed by atoms with Gasteiger partial charge in [-0.05, 0) is 68.4 Å². The van der Waals surface area contributed by atoms with E-state index in [0.29, 0.717) is 11.5 Å². The van der Waals surface area contributed by atoms with E-state index in [1.165, 1.54) is 25.6 Å². The van der Waals surface area contributed by atoms with Gasteiger partial charge in [0.25, 0.3) is 0 Å². The van der Waals surface area contributed by atoms with Crippen molar-refractivity contribution in [2.24, 2.45) is 17.8 Å². The number of benzene rings is 1. The van der Waals surface area contributed by atoms with E-state index in [0.717, 1.165) is 55.2 Å². The molecule has 0 saturated heterocycles. The van der Waals surface area contributed by atoms with Gasteiger partial charge in [-0.3, -0.25) is 0 Å². The van der Waals surface area contributed by atoms with Crippen LogP contribution in [0, 0.1) is 29.4 Å². The van der Waals surface area contributed by atoms with E-state index in [-0.39, 0.29) is 17.0 Å². The second-order valence-corrected chi connectivity index (χ2v) is 8.56. The maximum absolute atomic E-state index is 13.9. The minimum Gasteiger partial charge on any atom is -0.393 e. The molecule has 4 saturated carbocycles. The lowest BCUT2D eigenvalue weighted by Gasteiger charge is -2.57. The van der Waals surface area contributed by atoms with Crippen molar-refractivity contribution in [3.63, 3.8) is 0 Å². The molecule has 7 heteroatoms. The van der Waals surface area contributed by atoms with Gasteiger partial charge in [0.1, 0.15) is 23.6 Å². The Labute approximate surface area is 156 Å². The van der Waals surface area contributed by atoms with Crippen LogP contribution >= 0.6 is 0 Å². The summed E-state index contributed by atoms with van der Waals surface area (Å²) in [6.45, 7) is 0. The molecule has 0 unspecified atom stereocenters.